The summed E-state index contributed by atoms with van der Waals surface area (Å²) in [6.07, 6.45) is 10.4. The molecule has 0 spiro atoms. The maximum atomic E-state index is 13.7. The van der Waals surface area contributed by atoms with Gasteiger partial charge in [0.05, 0.1) is 30.0 Å². The van der Waals surface area contributed by atoms with Gasteiger partial charge >= 0.3 is 5.97 Å². The summed E-state index contributed by atoms with van der Waals surface area (Å²) in [5, 5.41) is 16.2. The second-order valence-electron chi connectivity index (χ2n) is 13.7. The molecule has 8 nitrogen and oxygen atoms in total. The number of aliphatic hydroxyl groups excluding tert-OH is 1. The number of unbranched alkanes of at least 4 members (excludes halogenated alkanes) is 1. The van der Waals surface area contributed by atoms with Crippen LogP contribution in [0, 0.1) is 11.8 Å². The number of carbonyl (C=O) groups is 3. The van der Waals surface area contributed by atoms with Gasteiger partial charge in [-0.3, -0.25) is 14.4 Å². The molecule has 1 aliphatic rings. The van der Waals surface area contributed by atoms with E-state index in [-0.39, 0.29) is 43.3 Å². The lowest BCUT2D eigenvalue weighted by molar-refractivity contribution is -0.152. The van der Waals surface area contributed by atoms with Gasteiger partial charge in [0.25, 0.3) is 0 Å². The fourth-order valence-electron chi connectivity index (χ4n) is 6.66. The molecule has 0 bridgehead atoms. The van der Waals surface area contributed by atoms with Crippen LogP contribution in [0.4, 0.5) is 0 Å². The molecule has 3 atom stereocenters. The van der Waals surface area contributed by atoms with Crippen molar-refractivity contribution < 1.29 is 29.0 Å². The Kier molecular flexibility index (Phi) is 16.0. The molecule has 51 heavy (non-hydrogen) atoms. The summed E-state index contributed by atoms with van der Waals surface area (Å²) < 4.78 is 11.8. The summed E-state index contributed by atoms with van der Waals surface area (Å²) in [5.74, 6) is -1.05. The van der Waals surface area contributed by atoms with Gasteiger partial charge in [-0.25, -0.2) is 0 Å². The molecule has 4 rings (SSSR count). The molecule has 1 aliphatic carbocycles. The number of amides is 2. The number of allylic oxidation sites excluding steroid dienone is 2. The Morgan fingerprint density at radius 3 is 2.10 bits per heavy atom. The van der Waals surface area contributed by atoms with E-state index in [4.69, 9.17) is 9.47 Å². The minimum Gasteiger partial charge on any atom is -0.489 e. The number of carbonyl (C=O) groups excluding carboxylic acids is 3. The summed E-state index contributed by atoms with van der Waals surface area (Å²) in [4.78, 5) is 40.3. The molecular formula is C43H54N2O6. The first-order valence-corrected chi connectivity index (χ1v) is 18.2. The van der Waals surface area contributed by atoms with Crippen molar-refractivity contribution in [2.24, 2.45) is 11.8 Å². The molecule has 0 radical (unpaired) electrons. The van der Waals surface area contributed by atoms with Crippen molar-refractivity contribution in [2.45, 2.75) is 88.8 Å². The number of ether oxygens (including phenoxy) is 2. The Labute approximate surface area is 303 Å². The van der Waals surface area contributed by atoms with E-state index in [9.17, 15) is 19.5 Å². The predicted octanol–water partition coefficient (Wildman–Crippen LogP) is 7.06. The van der Waals surface area contributed by atoms with Gasteiger partial charge in [0.1, 0.15) is 19.0 Å². The van der Waals surface area contributed by atoms with Crippen LogP contribution in [0.15, 0.2) is 110 Å². The third kappa shape index (κ3) is 13.2. The Morgan fingerprint density at radius 2 is 1.47 bits per heavy atom. The van der Waals surface area contributed by atoms with Crippen molar-refractivity contribution in [3.8, 4) is 5.75 Å². The van der Waals surface area contributed by atoms with Crippen LogP contribution >= 0.6 is 0 Å². The Bertz CT molecular complexity index is 1520. The van der Waals surface area contributed by atoms with Crippen molar-refractivity contribution in [3.05, 3.63) is 127 Å². The van der Waals surface area contributed by atoms with Crippen molar-refractivity contribution in [1.29, 1.82) is 0 Å². The summed E-state index contributed by atoms with van der Waals surface area (Å²) in [6.45, 7) is 7.94. The average Bonchev–Trinajstić information content (AvgIpc) is 3.62. The lowest BCUT2D eigenvalue weighted by Crippen LogP contribution is -2.53. The molecule has 3 aromatic carbocycles. The maximum Gasteiger partial charge on any atom is 0.309 e. The van der Waals surface area contributed by atoms with Crippen LogP contribution in [-0.2, 0) is 38.6 Å². The molecular weight excluding hydrogens is 640 g/mol. The number of aliphatic hydroxyl groups is 1. The molecule has 0 aliphatic heterocycles. The van der Waals surface area contributed by atoms with Gasteiger partial charge in [0.15, 0.2) is 0 Å². The van der Waals surface area contributed by atoms with E-state index < -0.39 is 17.5 Å². The van der Waals surface area contributed by atoms with Gasteiger partial charge in [-0.1, -0.05) is 97.8 Å². The third-order valence-corrected chi connectivity index (χ3v) is 9.55. The fraction of sp³-hybridized carbons (Fsp3) is 0.419. The first kappa shape index (κ1) is 39.1. The molecule has 2 amide bonds. The highest BCUT2D eigenvalue weighted by Gasteiger charge is 2.39. The molecule has 3 aromatic rings. The SMILES string of the molecule is C=CCCCC(Cc1ccccc1)C(=O)OCC1(NC(=O)C(CC=C)CC(=O)NC(CO)Cc2ccc(OCc3ccccc3)cc2)CCCC1. The fourth-order valence-corrected chi connectivity index (χ4v) is 6.66. The van der Waals surface area contributed by atoms with Gasteiger partial charge in [-0.2, -0.15) is 0 Å². The molecule has 3 N–H and O–H groups in total. The molecule has 0 aromatic heterocycles. The first-order valence-electron chi connectivity index (χ1n) is 18.2. The van der Waals surface area contributed by atoms with E-state index in [1.807, 2.05) is 91.0 Å². The third-order valence-electron chi connectivity index (χ3n) is 9.55. The number of hydrogen-bond donors (Lipinski definition) is 3. The number of benzene rings is 3. The van der Waals surface area contributed by atoms with Crippen molar-refractivity contribution in [2.75, 3.05) is 13.2 Å². The van der Waals surface area contributed by atoms with Crippen molar-refractivity contribution in [1.82, 2.24) is 10.6 Å². The summed E-state index contributed by atoms with van der Waals surface area (Å²) in [6, 6.07) is 26.9. The van der Waals surface area contributed by atoms with Gasteiger partial charge < -0.3 is 25.2 Å². The molecule has 1 saturated carbocycles. The Morgan fingerprint density at radius 1 is 0.824 bits per heavy atom. The summed E-state index contributed by atoms with van der Waals surface area (Å²) in [7, 11) is 0. The largest absolute Gasteiger partial charge is 0.489 e. The maximum absolute atomic E-state index is 13.7. The van der Waals surface area contributed by atoms with E-state index in [2.05, 4.69) is 23.8 Å². The van der Waals surface area contributed by atoms with E-state index in [1.165, 1.54) is 0 Å². The topological polar surface area (TPSA) is 114 Å². The highest BCUT2D eigenvalue weighted by atomic mass is 16.5. The monoisotopic (exact) mass is 694 g/mol. The van der Waals surface area contributed by atoms with Crippen LogP contribution in [0.25, 0.3) is 0 Å². The molecule has 8 heteroatoms. The molecule has 3 unspecified atom stereocenters. The molecule has 272 valence electrons. The van der Waals surface area contributed by atoms with E-state index in [0.717, 1.165) is 48.1 Å². The van der Waals surface area contributed by atoms with Crippen LogP contribution in [-0.4, -0.2) is 47.7 Å². The first-order chi connectivity index (χ1) is 24.8. The van der Waals surface area contributed by atoms with Crippen LogP contribution in [0.5, 0.6) is 5.75 Å². The molecule has 0 heterocycles. The zero-order valence-corrected chi connectivity index (χ0v) is 29.8. The van der Waals surface area contributed by atoms with Crippen LogP contribution < -0.4 is 15.4 Å². The van der Waals surface area contributed by atoms with E-state index in [0.29, 0.717) is 45.1 Å². The molecule has 1 fully saturated rings. The highest BCUT2D eigenvalue weighted by molar-refractivity contribution is 5.86. The normalized spacial score (nSPS) is 15.2. The Hall–Kier alpha value is -4.69. The zero-order valence-electron chi connectivity index (χ0n) is 29.8. The van der Waals surface area contributed by atoms with Crippen molar-refractivity contribution in [3.63, 3.8) is 0 Å². The number of hydrogen-bond acceptors (Lipinski definition) is 6. The number of rotatable bonds is 22. The van der Waals surface area contributed by atoms with Crippen LogP contribution in [0.1, 0.15) is 74.5 Å². The van der Waals surface area contributed by atoms with E-state index in [1.54, 1.807) is 6.08 Å². The van der Waals surface area contributed by atoms with Crippen LogP contribution in [0.3, 0.4) is 0 Å². The van der Waals surface area contributed by atoms with E-state index >= 15 is 0 Å². The molecule has 0 saturated heterocycles. The second kappa shape index (κ2) is 20.9. The predicted molar refractivity (Wildman–Crippen MR) is 201 cm³/mol. The van der Waals surface area contributed by atoms with Gasteiger partial charge in [-0.15, -0.1) is 13.2 Å². The minimum atomic E-state index is -0.675. The smallest absolute Gasteiger partial charge is 0.309 e. The minimum absolute atomic E-state index is 0.0566. The van der Waals surface area contributed by atoms with Gasteiger partial charge in [0.2, 0.25) is 11.8 Å². The highest BCUT2D eigenvalue weighted by Crippen LogP contribution is 2.31. The van der Waals surface area contributed by atoms with Gasteiger partial charge in [-0.05, 0) is 80.2 Å². The van der Waals surface area contributed by atoms with Crippen LogP contribution in [0.2, 0.25) is 0 Å². The van der Waals surface area contributed by atoms with Crippen molar-refractivity contribution >= 4 is 17.8 Å². The average molecular weight is 695 g/mol. The number of nitrogens with one attached hydrogen (secondary N) is 2. The Balaban J connectivity index is 1.30. The standard InChI is InChI=1S/C43H54N2O6/c1-3-5-8-20-37(27-33-16-9-6-10-17-33)42(49)51-32-43(25-13-14-26-43)45-41(48)36(15-4-2)29-40(47)44-38(30-46)28-34-21-23-39(24-22-34)50-31-35-18-11-7-12-19-35/h3-4,6-7,9-12,16-19,21-24,36-38,46H,1-2,5,8,13-15,20,25-32H2,(H,44,47)(H,45,48). The zero-order chi connectivity index (χ0) is 36.3. The summed E-state index contributed by atoms with van der Waals surface area (Å²) >= 11 is 0. The van der Waals surface area contributed by atoms with Gasteiger partial charge in [0, 0.05) is 6.42 Å². The number of esters is 1. The lowest BCUT2D eigenvalue weighted by Gasteiger charge is -2.32. The quantitative estimate of drug-likeness (QED) is 0.0590. The summed E-state index contributed by atoms with van der Waals surface area (Å²) in [5.41, 5.74) is 2.42. The second-order valence-corrected chi connectivity index (χ2v) is 13.7. The lowest BCUT2D eigenvalue weighted by atomic mass is 9.93.